The Kier molecular flexibility index (Phi) is 5.42. The van der Waals surface area contributed by atoms with Gasteiger partial charge in [-0.25, -0.2) is 14.4 Å². The molecule has 146 valence electrons. The average Bonchev–Trinajstić information content (AvgIpc) is 3.18. The predicted molar refractivity (Wildman–Crippen MR) is 111 cm³/mol. The molecular weight excluding hydrogens is 369 g/mol. The zero-order valence-electron chi connectivity index (χ0n) is 15.9. The van der Waals surface area contributed by atoms with Crippen LogP contribution in [0.15, 0.2) is 60.9 Å². The fourth-order valence-corrected chi connectivity index (χ4v) is 2.93. The molecule has 0 atom stereocenters. The first kappa shape index (κ1) is 18.5. The average molecular weight is 389 g/mol. The highest BCUT2D eigenvalue weighted by molar-refractivity contribution is 5.76. The van der Waals surface area contributed by atoms with Crippen molar-refractivity contribution in [1.29, 1.82) is 0 Å². The van der Waals surface area contributed by atoms with Crippen molar-refractivity contribution in [2.24, 2.45) is 0 Å². The molecule has 0 saturated carbocycles. The summed E-state index contributed by atoms with van der Waals surface area (Å²) in [4.78, 5) is 21.0. The third-order valence-electron chi connectivity index (χ3n) is 4.20. The molecule has 0 aliphatic carbocycles. The molecule has 29 heavy (non-hydrogen) atoms. The SMILES string of the molecule is CCNc1ccnc(NCc2nc(-c3cccc(F)c3)c(-c3ccccn3)[nH]2)n1. The van der Waals surface area contributed by atoms with Crippen molar-refractivity contribution < 1.29 is 4.39 Å². The number of aromatic amines is 1. The topological polar surface area (TPSA) is 91.4 Å². The molecule has 0 bridgehead atoms. The zero-order valence-corrected chi connectivity index (χ0v) is 15.9. The minimum absolute atomic E-state index is 0.314. The van der Waals surface area contributed by atoms with Gasteiger partial charge in [-0.1, -0.05) is 18.2 Å². The fourth-order valence-electron chi connectivity index (χ4n) is 2.93. The summed E-state index contributed by atoms with van der Waals surface area (Å²) in [5.41, 5.74) is 2.78. The van der Waals surface area contributed by atoms with E-state index in [1.54, 1.807) is 18.5 Å². The van der Waals surface area contributed by atoms with Gasteiger partial charge in [0, 0.05) is 24.5 Å². The lowest BCUT2D eigenvalue weighted by atomic mass is 10.1. The van der Waals surface area contributed by atoms with Crippen LogP contribution in [0.2, 0.25) is 0 Å². The normalized spacial score (nSPS) is 10.7. The molecule has 0 saturated heterocycles. The first-order chi connectivity index (χ1) is 14.2. The second-order valence-corrected chi connectivity index (χ2v) is 6.28. The van der Waals surface area contributed by atoms with Crippen molar-refractivity contribution in [1.82, 2.24) is 24.9 Å². The van der Waals surface area contributed by atoms with E-state index in [2.05, 4.69) is 35.6 Å². The smallest absolute Gasteiger partial charge is 0.224 e. The quantitative estimate of drug-likeness (QED) is 0.441. The molecule has 7 nitrogen and oxygen atoms in total. The Balaban J connectivity index is 1.64. The summed E-state index contributed by atoms with van der Waals surface area (Å²) in [6.07, 6.45) is 3.40. The number of imidazole rings is 1. The molecule has 3 heterocycles. The summed E-state index contributed by atoms with van der Waals surface area (Å²) >= 11 is 0. The number of hydrogen-bond donors (Lipinski definition) is 3. The summed E-state index contributed by atoms with van der Waals surface area (Å²) < 4.78 is 13.8. The summed E-state index contributed by atoms with van der Waals surface area (Å²) in [5, 5.41) is 6.31. The van der Waals surface area contributed by atoms with E-state index in [0.717, 1.165) is 23.8 Å². The van der Waals surface area contributed by atoms with E-state index in [0.29, 0.717) is 29.6 Å². The third kappa shape index (κ3) is 4.37. The van der Waals surface area contributed by atoms with Gasteiger partial charge in [-0.2, -0.15) is 4.98 Å². The Morgan fingerprint density at radius 2 is 1.90 bits per heavy atom. The van der Waals surface area contributed by atoms with Crippen LogP contribution in [-0.4, -0.2) is 31.5 Å². The number of pyridine rings is 1. The molecule has 0 fully saturated rings. The van der Waals surface area contributed by atoms with Gasteiger partial charge in [0.05, 0.1) is 23.6 Å². The number of hydrogen-bond acceptors (Lipinski definition) is 6. The van der Waals surface area contributed by atoms with E-state index in [1.807, 2.05) is 37.3 Å². The maximum Gasteiger partial charge on any atom is 0.224 e. The number of rotatable bonds is 7. The van der Waals surface area contributed by atoms with E-state index < -0.39 is 0 Å². The van der Waals surface area contributed by atoms with Gasteiger partial charge < -0.3 is 15.6 Å². The van der Waals surface area contributed by atoms with Gasteiger partial charge in [0.25, 0.3) is 0 Å². The molecule has 4 rings (SSSR count). The first-order valence-electron chi connectivity index (χ1n) is 9.30. The highest BCUT2D eigenvalue weighted by atomic mass is 19.1. The maximum atomic E-state index is 13.8. The fraction of sp³-hybridized carbons (Fsp3) is 0.143. The lowest BCUT2D eigenvalue weighted by molar-refractivity contribution is 0.628. The van der Waals surface area contributed by atoms with E-state index in [-0.39, 0.29) is 5.82 Å². The third-order valence-corrected chi connectivity index (χ3v) is 4.20. The molecule has 0 radical (unpaired) electrons. The van der Waals surface area contributed by atoms with Gasteiger partial charge in [-0.05, 0) is 37.3 Å². The Morgan fingerprint density at radius 3 is 2.69 bits per heavy atom. The van der Waals surface area contributed by atoms with E-state index >= 15 is 0 Å². The molecule has 0 amide bonds. The molecule has 0 aliphatic rings. The second-order valence-electron chi connectivity index (χ2n) is 6.28. The number of aromatic nitrogens is 5. The van der Waals surface area contributed by atoms with Gasteiger partial charge in [0.1, 0.15) is 17.5 Å². The summed E-state index contributed by atoms with van der Waals surface area (Å²) in [7, 11) is 0. The lowest BCUT2D eigenvalue weighted by Crippen LogP contribution is -2.07. The monoisotopic (exact) mass is 389 g/mol. The molecule has 8 heteroatoms. The summed E-state index contributed by atoms with van der Waals surface area (Å²) in [5.74, 6) is 1.60. The van der Waals surface area contributed by atoms with Gasteiger partial charge in [-0.15, -0.1) is 0 Å². The summed E-state index contributed by atoms with van der Waals surface area (Å²) in [6, 6.07) is 13.8. The van der Waals surface area contributed by atoms with Crippen LogP contribution in [0.4, 0.5) is 16.2 Å². The minimum Gasteiger partial charge on any atom is -0.370 e. The minimum atomic E-state index is -0.314. The van der Waals surface area contributed by atoms with Crippen molar-refractivity contribution in [2.75, 3.05) is 17.2 Å². The molecule has 4 aromatic rings. The number of nitrogens with zero attached hydrogens (tertiary/aromatic N) is 4. The molecule has 3 aromatic heterocycles. The van der Waals surface area contributed by atoms with E-state index in [1.165, 1.54) is 12.1 Å². The van der Waals surface area contributed by atoms with Crippen LogP contribution >= 0.6 is 0 Å². The lowest BCUT2D eigenvalue weighted by Gasteiger charge is -2.05. The molecule has 0 unspecified atom stereocenters. The highest BCUT2D eigenvalue weighted by Crippen LogP contribution is 2.29. The standard InChI is InChI=1S/C21H20FN7/c1-2-23-17-9-11-25-21(29-17)26-13-18-27-19(14-6-5-7-15(22)12-14)20(28-18)16-8-3-4-10-24-16/h3-12H,2,13H2,1H3,(H,27,28)(H2,23,25,26,29). The number of anilines is 2. The largest absolute Gasteiger partial charge is 0.370 e. The van der Waals surface area contributed by atoms with Crippen LogP contribution in [-0.2, 0) is 6.54 Å². The number of benzene rings is 1. The second kappa shape index (κ2) is 8.47. The molecule has 3 N–H and O–H groups in total. The van der Waals surface area contributed by atoms with Crippen molar-refractivity contribution >= 4 is 11.8 Å². The van der Waals surface area contributed by atoms with Crippen LogP contribution in [0, 0.1) is 5.82 Å². The van der Waals surface area contributed by atoms with Crippen molar-refractivity contribution in [2.45, 2.75) is 13.5 Å². The molecular formula is C21H20FN7. The predicted octanol–water partition coefficient (Wildman–Crippen LogP) is 4.11. The van der Waals surface area contributed by atoms with Crippen molar-refractivity contribution in [3.8, 4) is 22.6 Å². The number of halogens is 1. The summed E-state index contributed by atoms with van der Waals surface area (Å²) in [6.45, 7) is 3.16. The number of nitrogens with one attached hydrogen (secondary N) is 3. The van der Waals surface area contributed by atoms with Crippen LogP contribution in [0.3, 0.4) is 0 Å². The van der Waals surface area contributed by atoms with Crippen molar-refractivity contribution in [3.63, 3.8) is 0 Å². The Bertz CT molecular complexity index is 1100. The maximum absolute atomic E-state index is 13.8. The van der Waals surface area contributed by atoms with Gasteiger partial charge >= 0.3 is 0 Å². The van der Waals surface area contributed by atoms with Crippen molar-refractivity contribution in [3.05, 3.63) is 72.6 Å². The van der Waals surface area contributed by atoms with Crippen LogP contribution in [0.1, 0.15) is 12.7 Å². The molecule has 1 aromatic carbocycles. The zero-order chi connectivity index (χ0) is 20.1. The van der Waals surface area contributed by atoms with Gasteiger partial charge in [0.2, 0.25) is 5.95 Å². The molecule has 0 aliphatic heterocycles. The van der Waals surface area contributed by atoms with Gasteiger partial charge in [0.15, 0.2) is 0 Å². The first-order valence-corrected chi connectivity index (χ1v) is 9.30. The highest BCUT2D eigenvalue weighted by Gasteiger charge is 2.15. The Morgan fingerprint density at radius 1 is 0.966 bits per heavy atom. The molecule has 0 spiro atoms. The Labute approximate surface area is 167 Å². The van der Waals surface area contributed by atoms with Crippen LogP contribution < -0.4 is 10.6 Å². The number of H-pyrrole nitrogens is 1. The van der Waals surface area contributed by atoms with Crippen LogP contribution in [0.25, 0.3) is 22.6 Å². The Hall–Kier alpha value is -3.81. The van der Waals surface area contributed by atoms with E-state index in [9.17, 15) is 4.39 Å². The van der Waals surface area contributed by atoms with Crippen LogP contribution in [0.5, 0.6) is 0 Å². The van der Waals surface area contributed by atoms with E-state index in [4.69, 9.17) is 0 Å². The van der Waals surface area contributed by atoms with Gasteiger partial charge in [-0.3, -0.25) is 4.98 Å².